The van der Waals surface area contributed by atoms with E-state index in [0.29, 0.717) is 11.8 Å². The molecule has 4 nitrogen and oxygen atoms in total. The number of piperidine rings is 1. The maximum atomic E-state index is 12.1. The van der Waals surface area contributed by atoms with Crippen LogP contribution in [-0.4, -0.2) is 28.5 Å². The van der Waals surface area contributed by atoms with Crippen LogP contribution in [0.4, 0.5) is 0 Å². The van der Waals surface area contributed by atoms with Gasteiger partial charge in [0.05, 0.1) is 3.57 Å². The number of amides is 1. The lowest BCUT2D eigenvalue weighted by Gasteiger charge is -2.42. The highest BCUT2D eigenvalue weighted by atomic mass is 127. The van der Waals surface area contributed by atoms with E-state index in [2.05, 4.69) is 22.6 Å². The number of aromatic nitrogens is 1. The highest BCUT2D eigenvalue weighted by Gasteiger charge is 2.35. The molecule has 0 saturated carbocycles. The van der Waals surface area contributed by atoms with Crippen molar-refractivity contribution in [2.45, 2.75) is 25.8 Å². The van der Waals surface area contributed by atoms with Crippen molar-refractivity contribution in [3.63, 3.8) is 0 Å². The summed E-state index contributed by atoms with van der Waals surface area (Å²) in [5.41, 5.74) is 1.22. The van der Waals surface area contributed by atoms with Gasteiger partial charge in [-0.15, -0.1) is 0 Å². The van der Waals surface area contributed by atoms with Gasteiger partial charge in [-0.25, -0.2) is 0 Å². The van der Waals surface area contributed by atoms with Crippen molar-refractivity contribution in [1.29, 1.82) is 0 Å². The van der Waals surface area contributed by atoms with E-state index in [9.17, 15) is 9.59 Å². The summed E-state index contributed by atoms with van der Waals surface area (Å²) in [5.74, 6) is 0.896. The van der Waals surface area contributed by atoms with Crippen molar-refractivity contribution >= 4 is 28.5 Å². The average molecular weight is 358 g/mol. The molecule has 1 amide bonds. The van der Waals surface area contributed by atoms with E-state index in [4.69, 9.17) is 0 Å². The Kier molecular flexibility index (Phi) is 2.96. The lowest BCUT2D eigenvalue weighted by Crippen LogP contribution is -2.48. The molecule has 2 unspecified atom stereocenters. The number of fused-ring (bicyclic) bond motifs is 4. The molecule has 2 aliphatic heterocycles. The number of likely N-dealkylation sites (tertiary alicyclic amines) is 1. The molecular weight excluding hydrogens is 343 g/mol. The summed E-state index contributed by atoms with van der Waals surface area (Å²) in [6.45, 7) is 3.93. The van der Waals surface area contributed by atoms with Gasteiger partial charge in [-0.1, -0.05) is 0 Å². The van der Waals surface area contributed by atoms with Gasteiger partial charge in [-0.3, -0.25) is 9.59 Å². The van der Waals surface area contributed by atoms with Crippen LogP contribution in [0.5, 0.6) is 0 Å². The Balaban J connectivity index is 2.03. The van der Waals surface area contributed by atoms with Crippen LogP contribution >= 0.6 is 22.6 Å². The molecule has 96 valence electrons. The van der Waals surface area contributed by atoms with Gasteiger partial charge in [0.25, 0.3) is 5.56 Å². The predicted molar refractivity (Wildman–Crippen MR) is 76.5 cm³/mol. The Morgan fingerprint density at radius 2 is 2.11 bits per heavy atom. The van der Waals surface area contributed by atoms with Gasteiger partial charge in [0.2, 0.25) is 5.91 Å². The van der Waals surface area contributed by atoms with Crippen LogP contribution in [0.3, 0.4) is 0 Å². The second-order valence-corrected chi connectivity index (χ2v) is 6.41. The van der Waals surface area contributed by atoms with Crippen LogP contribution in [0, 0.1) is 9.49 Å². The summed E-state index contributed by atoms with van der Waals surface area (Å²) >= 11 is 2.09. The molecule has 18 heavy (non-hydrogen) atoms. The zero-order chi connectivity index (χ0) is 12.9. The molecule has 2 atom stereocenters. The molecule has 2 aliphatic rings. The summed E-state index contributed by atoms with van der Waals surface area (Å²) < 4.78 is 2.69. The highest BCUT2D eigenvalue weighted by molar-refractivity contribution is 14.1. The fraction of sp³-hybridized carbons (Fsp3) is 0.538. The third-order valence-corrected chi connectivity index (χ3v) is 4.82. The first-order valence-electron chi connectivity index (χ1n) is 6.21. The van der Waals surface area contributed by atoms with E-state index < -0.39 is 0 Å². The predicted octanol–water partition coefficient (Wildman–Crippen LogP) is 1.42. The second-order valence-electron chi connectivity index (χ2n) is 5.24. The van der Waals surface area contributed by atoms with Crippen molar-refractivity contribution in [2.24, 2.45) is 5.92 Å². The molecule has 3 heterocycles. The molecule has 2 bridgehead atoms. The second kappa shape index (κ2) is 4.36. The maximum Gasteiger partial charge on any atom is 0.264 e. The van der Waals surface area contributed by atoms with E-state index in [-0.39, 0.29) is 11.5 Å². The number of pyridine rings is 1. The summed E-state index contributed by atoms with van der Waals surface area (Å²) in [6, 6.07) is 3.94. The first-order chi connectivity index (χ1) is 8.56. The zero-order valence-corrected chi connectivity index (χ0v) is 12.4. The molecule has 0 aromatic carbocycles. The molecule has 1 fully saturated rings. The molecule has 1 aromatic heterocycles. The van der Waals surface area contributed by atoms with Crippen molar-refractivity contribution < 1.29 is 4.79 Å². The van der Waals surface area contributed by atoms with Gasteiger partial charge in [-0.05, 0) is 47.1 Å². The van der Waals surface area contributed by atoms with Crippen LogP contribution < -0.4 is 5.56 Å². The van der Waals surface area contributed by atoms with E-state index in [1.165, 1.54) is 0 Å². The number of carbonyl (C=O) groups is 1. The highest BCUT2D eigenvalue weighted by Crippen LogP contribution is 2.35. The van der Waals surface area contributed by atoms with Crippen LogP contribution in [-0.2, 0) is 11.3 Å². The molecule has 0 radical (unpaired) electrons. The van der Waals surface area contributed by atoms with Crippen LogP contribution in [0.1, 0.15) is 25.0 Å². The van der Waals surface area contributed by atoms with Gasteiger partial charge in [0, 0.05) is 38.2 Å². The van der Waals surface area contributed by atoms with Gasteiger partial charge in [0.1, 0.15) is 0 Å². The lowest BCUT2D eigenvalue weighted by atomic mass is 9.83. The van der Waals surface area contributed by atoms with Crippen LogP contribution in [0.15, 0.2) is 16.9 Å². The first-order valence-corrected chi connectivity index (χ1v) is 7.29. The topological polar surface area (TPSA) is 42.3 Å². The third kappa shape index (κ3) is 1.88. The molecule has 1 saturated heterocycles. The minimum absolute atomic E-state index is 0.124. The van der Waals surface area contributed by atoms with Crippen molar-refractivity contribution in [1.82, 2.24) is 9.47 Å². The Bertz CT molecular complexity index is 567. The number of carbonyl (C=O) groups excluding carboxylic acids is 1. The Morgan fingerprint density at radius 1 is 1.33 bits per heavy atom. The number of hydrogen-bond acceptors (Lipinski definition) is 2. The minimum Gasteiger partial charge on any atom is -0.342 e. The molecule has 0 aliphatic carbocycles. The average Bonchev–Trinajstić information content (AvgIpc) is 2.34. The summed E-state index contributed by atoms with van der Waals surface area (Å²) in [4.78, 5) is 25.6. The molecule has 3 rings (SSSR count). The SMILES string of the molecule is CC(=O)N1CC2CC(C1)c1ccc(I)c(=O)n1C2. The van der Waals surface area contributed by atoms with Gasteiger partial charge in [0.15, 0.2) is 0 Å². The van der Waals surface area contributed by atoms with Gasteiger partial charge >= 0.3 is 0 Å². The summed E-state index contributed by atoms with van der Waals surface area (Å²) in [7, 11) is 0. The van der Waals surface area contributed by atoms with Crippen molar-refractivity contribution in [3.8, 4) is 0 Å². The number of hydrogen-bond donors (Lipinski definition) is 0. The molecule has 1 aromatic rings. The fourth-order valence-corrected chi connectivity index (χ4v) is 3.65. The van der Waals surface area contributed by atoms with Gasteiger partial charge < -0.3 is 9.47 Å². The van der Waals surface area contributed by atoms with Gasteiger partial charge in [-0.2, -0.15) is 0 Å². The van der Waals surface area contributed by atoms with Crippen molar-refractivity contribution in [2.75, 3.05) is 13.1 Å². The molecule has 0 spiro atoms. The zero-order valence-electron chi connectivity index (χ0n) is 10.2. The minimum atomic E-state index is 0.124. The van der Waals surface area contributed by atoms with Crippen LogP contribution in [0.25, 0.3) is 0 Å². The first kappa shape index (κ1) is 12.2. The standard InChI is InChI=1S/C13H15IN2O2/c1-8(17)15-5-9-4-10(7-15)12-3-2-11(14)13(18)16(12)6-9/h2-3,9-10H,4-7H2,1H3. The Morgan fingerprint density at radius 3 is 2.83 bits per heavy atom. The Hall–Kier alpha value is -0.850. The smallest absolute Gasteiger partial charge is 0.264 e. The van der Waals surface area contributed by atoms with E-state index in [1.54, 1.807) is 6.92 Å². The monoisotopic (exact) mass is 358 g/mol. The van der Waals surface area contributed by atoms with E-state index >= 15 is 0 Å². The quantitative estimate of drug-likeness (QED) is 0.659. The number of rotatable bonds is 0. The summed E-state index contributed by atoms with van der Waals surface area (Å²) in [5, 5.41) is 0. The van der Waals surface area contributed by atoms with Crippen LogP contribution in [0.2, 0.25) is 0 Å². The molecular formula is C13H15IN2O2. The third-order valence-electron chi connectivity index (χ3n) is 4.00. The number of halogens is 1. The summed E-state index contributed by atoms with van der Waals surface area (Å²) in [6.07, 6.45) is 1.10. The van der Waals surface area contributed by atoms with E-state index in [0.717, 1.165) is 35.3 Å². The largest absolute Gasteiger partial charge is 0.342 e. The lowest BCUT2D eigenvalue weighted by molar-refractivity contribution is -0.131. The fourth-order valence-electron chi connectivity index (χ4n) is 3.18. The normalized spacial score (nSPS) is 25.8. The molecule has 5 heteroatoms. The molecule has 0 N–H and O–H groups in total. The maximum absolute atomic E-state index is 12.1. The van der Waals surface area contributed by atoms with Crippen molar-refractivity contribution in [3.05, 3.63) is 31.8 Å². The van der Waals surface area contributed by atoms with E-state index in [1.807, 2.05) is 21.6 Å². The Labute approximate surface area is 119 Å². The number of nitrogens with zero attached hydrogens (tertiary/aromatic N) is 2.